The molecule has 0 amide bonds. The van der Waals surface area contributed by atoms with Crippen LogP contribution in [0.3, 0.4) is 0 Å². The van der Waals surface area contributed by atoms with Crippen LogP contribution < -0.4 is 25.7 Å². The van der Waals surface area contributed by atoms with E-state index in [0.717, 1.165) is 42.2 Å². The molecule has 2 aliphatic heterocycles. The van der Waals surface area contributed by atoms with Crippen molar-refractivity contribution in [2.24, 2.45) is 23.7 Å². The van der Waals surface area contributed by atoms with Crippen molar-refractivity contribution in [3.05, 3.63) is 102 Å². The van der Waals surface area contributed by atoms with Crippen LogP contribution >= 0.6 is 0 Å². The third-order valence-corrected chi connectivity index (χ3v) is 11.3. The van der Waals surface area contributed by atoms with Crippen LogP contribution in [0.15, 0.2) is 29.6 Å². The minimum atomic E-state index is -1.26. The molecule has 1 aliphatic carbocycles. The maximum absolute atomic E-state index is 14.3. The molecule has 5 heterocycles. The zero-order valence-corrected chi connectivity index (χ0v) is 35.3. The second-order valence-corrected chi connectivity index (χ2v) is 15.3. The molecule has 3 aromatic heterocycles. The standard InChI is InChI=1S/C45H51N4O6.Mg/c1-10-28-25(6)32-19-33-26(7)30(15-16-38(51)55-18-17-24(5)14-12-13-23(3)4)42(48-33)40-41(45(53)54-9)44(52)39-27(8)34(49-43(39)40)20-36-29(11-2)31(22-50)37(47-36)21-35(28)46-32;/h10,17,19-23,26,30,41H,1,11-16,18H2,2-9H3,(H-,48,49,50,52);/q-3;+2/p-1/b24-17+,33-19-,37-21-;/t26-,30-,41+;/m0./s1. The number of fused-ring (bicyclic) bond motifs is 7. The number of ketones is 1. The molecule has 3 atom stereocenters. The second-order valence-electron chi connectivity index (χ2n) is 15.3. The number of ether oxygens (including phenoxy) is 2. The Balaban J connectivity index is 0.00000600. The molecule has 6 rings (SSSR count). The van der Waals surface area contributed by atoms with Crippen molar-refractivity contribution >= 4 is 76.9 Å². The first kappa shape index (κ1) is 42.5. The van der Waals surface area contributed by atoms with Crippen LogP contribution in [0, 0.1) is 37.5 Å². The van der Waals surface area contributed by atoms with Gasteiger partial charge in [0.2, 0.25) is 0 Å². The summed E-state index contributed by atoms with van der Waals surface area (Å²) in [7, 11) is 1.26. The van der Waals surface area contributed by atoms with Crippen LogP contribution in [0.25, 0.3) is 35.2 Å². The summed E-state index contributed by atoms with van der Waals surface area (Å²) in [5.41, 5.74) is 8.80. The van der Waals surface area contributed by atoms with Crippen molar-refractivity contribution in [2.45, 2.75) is 87.0 Å². The third kappa shape index (κ3) is 7.98. The van der Waals surface area contributed by atoms with Crippen molar-refractivity contribution in [3.63, 3.8) is 0 Å². The fourth-order valence-electron chi connectivity index (χ4n) is 8.11. The largest absolute Gasteiger partial charge is 2.00 e. The van der Waals surface area contributed by atoms with Crippen molar-refractivity contribution < 1.29 is 28.7 Å². The van der Waals surface area contributed by atoms with Gasteiger partial charge in [0, 0.05) is 17.5 Å². The summed E-state index contributed by atoms with van der Waals surface area (Å²) in [6, 6.07) is 0. The molecule has 0 saturated carbocycles. The summed E-state index contributed by atoms with van der Waals surface area (Å²) in [5, 5.41) is 6.21. The van der Waals surface area contributed by atoms with Crippen molar-refractivity contribution in [3.8, 4) is 0 Å². The molecule has 1 saturated heterocycles. The number of carbonyl (C=O) groups excluding carboxylic acids is 4. The number of allylic oxidation sites excluding steroid dienone is 3. The van der Waals surface area contributed by atoms with Gasteiger partial charge < -0.3 is 29.7 Å². The Morgan fingerprint density at radius 1 is 0.982 bits per heavy atom. The van der Waals surface area contributed by atoms with Gasteiger partial charge in [0.1, 0.15) is 18.8 Å². The normalized spacial score (nSPS) is 21.9. The Hall–Kier alpha value is -4.61. The van der Waals surface area contributed by atoms with E-state index < -0.39 is 17.7 Å². The molecule has 3 aliphatic rings. The minimum Gasteiger partial charge on any atom is -0.664 e. The Morgan fingerprint density at radius 3 is 2.36 bits per heavy atom. The van der Waals surface area contributed by atoms with E-state index in [1.165, 1.54) is 12.7 Å². The number of nitrogens with zero attached hydrogens (tertiary/aromatic N) is 4. The summed E-state index contributed by atoms with van der Waals surface area (Å²) in [5.74, 6) is -2.64. The van der Waals surface area contributed by atoms with E-state index in [1.54, 1.807) is 19.1 Å². The van der Waals surface area contributed by atoms with Gasteiger partial charge in [0.25, 0.3) is 0 Å². The smallest absolute Gasteiger partial charge is 0.664 e. The van der Waals surface area contributed by atoms with E-state index in [-0.39, 0.29) is 53.9 Å². The average Bonchev–Trinajstić information content (AvgIpc) is 3.90. The maximum Gasteiger partial charge on any atom is 2.00 e. The van der Waals surface area contributed by atoms with Crippen LogP contribution in [0.2, 0.25) is 0 Å². The van der Waals surface area contributed by atoms with Crippen LogP contribution in [0.4, 0.5) is 0 Å². The molecule has 0 spiro atoms. The molecule has 0 radical (unpaired) electrons. The first-order valence-electron chi connectivity index (χ1n) is 19.2. The number of Topliss-reactive ketones (excluding diaryl/α,β-unsaturated/α-hetero) is 1. The van der Waals surface area contributed by atoms with Gasteiger partial charge in [-0.1, -0.05) is 92.8 Å². The summed E-state index contributed by atoms with van der Waals surface area (Å²) in [4.78, 5) is 68.3. The topological polar surface area (TPSA) is 143 Å². The van der Waals surface area contributed by atoms with Crippen LogP contribution in [0.5, 0.6) is 0 Å². The fourth-order valence-corrected chi connectivity index (χ4v) is 8.11. The minimum absolute atomic E-state index is 0. The molecule has 11 heteroatoms. The van der Waals surface area contributed by atoms with E-state index in [0.29, 0.717) is 85.9 Å². The monoisotopic (exact) mass is 766 g/mol. The van der Waals surface area contributed by atoms with Gasteiger partial charge in [-0.2, -0.15) is 11.4 Å². The zero-order chi connectivity index (χ0) is 39.7. The number of hydrogen-bond acceptors (Lipinski definition) is 6. The molecule has 10 nitrogen and oxygen atoms in total. The molecule has 290 valence electrons. The molecule has 3 aromatic rings. The first-order valence-corrected chi connectivity index (χ1v) is 19.2. The number of aromatic nitrogens is 3. The van der Waals surface area contributed by atoms with Gasteiger partial charge in [0.15, 0.2) is 5.78 Å². The number of hydrogen-bond donors (Lipinski definition) is 0. The Kier molecular flexibility index (Phi) is 13.4. The van der Waals surface area contributed by atoms with Crippen molar-refractivity contribution in [1.82, 2.24) is 15.0 Å². The first-order chi connectivity index (χ1) is 26.3. The van der Waals surface area contributed by atoms with E-state index in [2.05, 4.69) is 27.4 Å². The molecule has 56 heavy (non-hydrogen) atoms. The number of esters is 2. The van der Waals surface area contributed by atoms with Gasteiger partial charge in [-0.05, 0) is 75.8 Å². The van der Waals surface area contributed by atoms with Gasteiger partial charge in [0.05, 0.1) is 7.11 Å². The number of carbonyl (C=O) groups is 4. The number of rotatable bonds is 13. The molecule has 8 bridgehead atoms. The Morgan fingerprint density at radius 2 is 1.70 bits per heavy atom. The van der Waals surface area contributed by atoms with Gasteiger partial charge >= 0.3 is 35.0 Å². The summed E-state index contributed by atoms with van der Waals surface area (Å²) in [6.07, 6.45) is 14.3. The fraction of sp³-hybridized carbons (Fsp3) is 0.422. The molecule has 0 N–H and O–H groups in total. The van der Waals surface area contributed by atoms with E-state index in [4.69, 9.17) is 29.7 Å². The summed E-state index contributed by atoms with van der Waals surface area (Å²) in [6.45, 7) is 18.5. The Labute approximate surface area is 345 Å². The number of methoxy groups -OCH3 is 1. The van der Waals surface area contributed by atoms with Gasteiger partial charge in [-0.15, -0.1) is 33.5 Å². The second kappa shape index (κ2) is 17.7. The summed E-state index contributed by atoms with van der Waals surface area (Å²) >= 11 is 0. The molecular weight excluding hydrogens is 717 g/mol. The van der Waals surface area contributed by atoms with Crippen LogP contribution in [0.1, 0.15) is 132 Å². The van der Waals surface area contributed by atoms with E-state index >= 15 is 0 Å². The predicted octanol–water partition coefficient (Wildman–Crippen LogP) is 6.26. The molecular formula is C45H50MgN4O6-2. The Bertz CT molecular complexity index is 2290. The maximum atomic E-state index is 14.3. The van der Waals surface area contributed by atoms with Gasteiger partial charge in [-0.25, -0.2) is 0 Å². The molecule has 1 fully saturated rings. The van der Waals surface area contributed by atoms with Crippen LogP contribution in [-0.4, -0.2) is 60.8 Å². The van der Waals surface area contributed by atoms with Crippen molar-refractivity contribution in [1.29, 1.82) is 0 Å². The molecule has 0 aromatic carbocycles. The molecule has 0 unspecified atom stereocenters. The number of aldehydes is 1. The zero-order valence-electron chi connectivity index (χ0n) is 33.9. The van der Waals surface area contributed by atoms with E-state index in [9.17, 15) is 19.2 Å². The quantitative estimate of drug-likeness (QED) is 0.0648. The van der Waals surface area contributed by atoms with Crippen molar-refractivity contribution in [2.75, 3.05) is 13.7 Å². The predicted molar refractivity (Wildman–Crippen MR) is 219 cm³/mol. The van der Waals surface area contributed by atoms with Crippen LogP contribution in [-0.2, 0) is 25.5 Å². The average molecular weight is 767 g/mol. The SMILES string of the molecule is C=Cc1c2[n-]c(c1C)/C=C1\[N-]/C(=C3\c4[n-]c(c(C)c4C(=O)[C@@H]3C(=O)OC)/C=c3\[n-]/c(c(C=O)c3CC)=C\2)[C@@H](CCC(=O)OC/C=C(\C)CCCC(C)C)[C@@H]1C.[Mg+2]. The van der Waals surface area contributed by atoms with E-state index in [1.807, 2.05) is 39.0 Å². The third-order valence-electron chi connectivity index (χ3n) is 11.3. The van der Waals surface area contributed by atoms with Gasteiger partial charge in [-0.3, -0.25) is 19.2 Å². The summed E-state index contributed by atoms with van der Waals surface area (Å²) < 4.78 is 10.9.